The Morgan fingerprint density at radius 2 is 1.80 bits per heavy atom. The molecule has 1 unspecified atom stereocenters. The SMILES string of the molecule is CCC[C@H](O)C(=O)N1CCC(c2ccc(CC3CCc4cccc(-c5cccc(-n6ncc(C(=O)O)c6CC)n5)c43)c(C)c2)CC1. The van der Waals surface area contributed by atoms with Crippen LogP contribution in [-0.4, -0.2) is 60.9 Å². The number of carbonyl (C=O) groups excluding carboxylic acids is 1. The summed E-state index contributed by atoms with van der Waals surface area (Å²) >= 11 is 0. The van der Waals surface area contributed by atoms with E-state index in [0.29, 0.717) is 49.3 Å². The van der Waals surface area contributed by atoms with Gasteiger partial charge in [-0.25, -0.2) is 14.5 Å². The molecule has 0 saturated carbocycles. The zero-order valence-corrected chi connectivity index (χ0v) is 27.1. The van der Waals surface area contributed by atoms with Crippen LogP contribution in [0, 0.1) is 6.92 Å². The van der Waals surface area contributed by atoms with E-state index < -0.39 is 12.1 Å². The Labute approximate surface area is 271 Å². The molecule has 6 rings (SSSR count). The number of nitrogens with zero attached hydrogens (tertiary/aromatic N) is 4. The maximum Gasteiger partial charge on any atom is 0.339 e. The van der Waals surface area contributed by atoms with E-state index in [1.807, 2.05) is 36.9 Å². The second-order valence-electron chi connectivity index (χ2n) is 12.9. The van der Waals surface area contributed by atoms with Gasteiger partial charge in [0.25, 0.3) is 5.91 Å². The minimum Gasteiger partial charge on any atom is -0.478 e. The van der Waals surface area contributed by atoms with Crippen LogP contribution in [0.15, 0.2) is 60.8 Å². The highest BCUT2D eigenvalue weighted by Gasteiger charge is 2.29. The number of benzene rings is 2. The number of carboxylic acid groups (broad SMARTS) is 1. The summed E-state index contributed by atoms with van der Waals surface area (Å²) in [4.78, 5) is 31.1. The van der Waals surface area contributed by atoms with E-state index in [4.69, 9.17) is 4.98 Å². The summed E-state index contributed by atoms with van der Waals surface area (Å²) in [5.74, 6) is 0.315. The molecule has 2 atom stereocenters. The van der Waals surface area contributed by atoms with Gasteiger partial charge in [-0.1, -0.05) is 62.7 Å². The van der Waals surface area contributed by atoms with Crippen molar-refractivity contribution in [1.82, 2.24) is 19.7 Å². The van der Waals surface area contributed by atoms with Crippen molar-refractivity contribution in [2.75, 3.05) is 13.1 Å². The first kappa shape index (κ1) is 31.7. The Morgan fingerprint density at radius 3 is 2.52 bits per heavy atom. The Hall–Kier alpha value is -4.30. The van der Waals surface area contributed by atoms with Gasteiger partial charge in [-0.15, -0.1) is 0 Å². The van der Waals surface area contributed by atoms with Gasteiger partial charge in [0.2, 0.25) is 0 Å². The lowest BCUT2D eigenvalue weighted by molar-refractivity contribution is -0.141. The lowest BCUT2D eigenvalue weighted by Gasteiger charge is -2.33. The van der Waals surface area contributed by atoms with Crippen LogP contribution in [-0.2, 0) is 24.1 Å². The van der Waals surface area contributed by atoms with E-state index in [1.54, 1.807) is 4.68 Å². The van der Waals surface area contributed by atoms with Crippen LogP contribution in [0.3, 0.4) is 0 Å². The van der Waals surface area contributed by atoms with Crippen LogP contribution < -0.4 is 0 Å². The van der Waals surface area contributed by atoms with Crippen LogP contribution in [0.5, 0.6) is 0 Å². The number of likely N-dealkylation sites (tertiary alicyclic amines) is 1. The van der Waals surface area contributed by atoms with Gasteiger partial charge in [-0.2, -0.15) is 5.10 Å². The lowest BCUT2D eigenvalue weighted by atomic mass is 9.84. The molecule has 1 aliphatic heterocycles. The summed E-state index contributed by atoms with van der Waals surface area (Å²) < 4.78 is 1.65. The monoisotopic (exact) mass is 620 g/mol. The zero-order valence-electron chi connectivity index (χ0n) is 27.1. The molecule has 1 fully saturated rings. The van der Waals surface area contributed by atoms with Crippen molar-refractivity contribution in [3.63, 3.8) is 0 Å². The van der Waals surface area contributed by atoms with E-state index in [9.17, 15) is 19.8 Å². The van der Waals surface area contributed by atoms with Gasteiger partial charge in [0, 0.05) is 18.7 Å². The molecule has 4 aromatic rings. The van der Waals surface area contributed by atoms with Crippen molar-refractivity contribution in [3.8, 4) is 17.1 Å². The van der Waals surface area contributed by atoms with Crippen molar-refractivity contribution in [2.45, 2.75) is 90.1 Å². The molecular formula is C38H44N4O4. The van der Waals surface area contributed by atoms with E-state index in [-0.39, 0.29) is 11.5 Å². The minimum absolute atomic E-state index is 0.121. The number of aromatic carboxylic acids is 1. The fraction of sp³-hybridized carbons (Fsp3) is 0.421. The minimum atomic E-state index is -0.980. The molecule has 3 heterocycles. The third-order valence-electron chi connectivity index (χ3n) is 9.99. The largest absolute Gasteiger partial charge is 0.478 e. The summed E-state index contributed by atoms with van der Waals surface area (Å²) in [5, 5.41) is 24.1. The smallest absolute Gasteiger partial charge is 0.339 e. The molecular weight excluding hydrogens is 576 g/mol. The number of carbonyl (C=O) groups is 2. The highest BCUT2D eigenvalue weighted by molar-refractivity contribution is 5.88. The first-order valence-electron chi connectivity index (χ1n) is 16.7. The summed E-state index contributed by atoms with van der Waals surface area (Å²) in [5.41, 5.74) is 9.58. The molecule has 2 aromatic carbocycles. The molecule has 8 nitrogen and oxygen atoms in total. The highest BCUT2D eigenvalue weighted by Crippen LogP contribution is 2.42. The van der Waals surface area contributed by atoms with Gasteiger partial charge in [0.15, 0.2) is 5.82 Å². The molecule has 8 heteroatoms. The number of hydrogen-bond donors (Lipinski definition) is 2. The summed E-state index contributed by atoms with van der Waals surface area (Å²) in [6, 6.07) is 19.3. The van der Waals surface area contributed by atoms with Crippen LogP contribution in [0.1, 0.15) is 102 Å². The summed E-state index contributed by atoms with van der Waals surface area (Å²) in [7, 11) is 0. The summed E-state index contributed by atoms with van der Waals surface area (Å²) in [6.07, 6.45) is 7.32. The average Bonchev–Trinajstić information content (AvgIpc) is 3.70. The van der Waals surface area contributed by atoms with Crippen molar-refractivity contribution in [1.29, 1.82) is 0 Å². The van der Waals surface area contributed by atoms with Crippen LogP contribution >= 0.6 is 0 Å². The molecule has 1 saturated heterocycles. The maximum absolute atomic E-state index is 12.6. The molecule has 2 aliphatic rings. The van der Waals surface area contributed by atoms with Gasteiger partial charge in [-0.3, -0.25) is 4.79 Å². The Morgan fingerprint density at radius 1 is 1.02 bits per heavy atom. The molecule has 2 N–H and O–H groups in total. The van der Waals surface area contributed by atoms with Crippen molar-refractivity contribution < 1.29 is 19.8 Å². The second kappa shape index (κ2) is 13.6. The average molecular weight is 621 g/mol. The number of hydrogen-bond acceptors (Lipinski definition) is 5. The maximum atomic E-state index is 12.6. The fourth-order valence-electron chi connectivity index (χ4n) is 7.50. The number of fused-ring (bicyclic) bond motifs is 1. The summed E-state index contributed by atoms with van der Waals surface area (Å²) in [6.45, 7) is 7.53. The molecule has 0 bridgehead atoms. The third kappa shape index (κ3) is 6.23. The number of pyridine rings is 1. The topological polar surface area (TPSA) is 109 Å². The number of aromatic nitrogens is 3. The van der Waals surface area contributed by atoms with Crippen LogP contribution in [0.25, 0.3) is 17.1 Å². The van der Waals surface area contributed by atoms with Crippen LogP contribution in [0.2, 0.25) is 0 Å². The Bertz CT molecular complexity index is 1740. The van der Waals surface area contributed by atoms with Gasteiger partial charge >= 0.3 is 5.97 Å². The number of aryl methyl sites for hydroxylation is 2. The predicted molar refractivity (Wildman–Crippen MR) is 179 cm³/mol. The standard InChI is InChI=1S/C38H44N4O4/c1-4-8-34(43)37(44)41-19-17-25(18-20-41)28-15-14-27(24(3)21-28)22-29-16-13-26-9-6-10-30(36(26)29)32-11-7-12-35(40-32)42-33(5-2)31(23-39-42)38(45)46/h6-7,9-12,14-15,21,23,25,29,34,43H,4-5,8,13,16-20,22H2,1-3H3,(H,45,46)/t29?,34-/m0/s1. The van der Waals surface area contributed by atoms with Gasteiger partial charge in [-0.05, 0) is 104 Å². The fourth-order valence-corrected chi connectivity index (χ4v) is 7.50. The quantitative estimate of drug-likeness (QED) is 0.206. The first-order valence-corrected chi connectivity index (χ1v) is 16.7. The third-order valence-corrected chi connectivity index (χ3v) is 9.99. The predicted octanol–water partition coefficient (Wildman–Crippen LogP) is 6.64. The molecule has 0 spiro atoms. The second-order valence-corrected chi connectivity index (χ2v) is 12.9. The van der Waals surface area contributed by atoms with E-state index in [1.165, 1.54) is 34.0 Å². The van der Waals surface area contributed by atoms with Gasteiger partial charge < -0.3 is 15.1 Å². The Kier molecular flexibility index (Phi) is 9.36. The van der Waals surface area contributed by atoms with Crippen molar-refractivity contribution in [3.05, 3.63) is 99.9 Å². The number of aliphatic hydroxyl groups is 1. The number of carboxylic acids is 1. The van der Waals surface area contributed by atoms with E-state index >= 15 is 0 Å². The number of aliphatic hydroxyl groups excluding tert-OH is 1. The number of piperidine rings is 1. The van der Waals surface area contributed by atoms with Crippen molar-refractivity contribution in [2.24, 2.45) is 0 Å². The lowest BCUT2D eigenvalue weighted by Crippen LogP contribution is -2.43. The van der Waals surface area contributed by atoms with Crippen molar-refractivity contribution >= 4 is 11.9 Å². The highest BCUT2D eigenvalue weighted by atomic mass is 16.4. The molecule has 1 aliphatic carbocycles. The molecule has 2 aromatic heterocycles. The Balaban J connectivity index is 1.20. The first-order chi connectivity index (χ1) is 22.3. The van der Waals surface area contributed by atoms with E-state index in [2.05, 4.69) is 48.4 Å². The molecule has 240 valence electrons. The number of rotatable bonds is 10. The van der Waals surface area contributed by atoms with Crippen LogP contribution in [0.4, 0.5) is 0 Å². The zero-order chi connectivity index (χ0) is 32.4. The van der Waals surface area contributed by atoms with Gasteiger partial charge in [0.1, 0.15) is 11.7 Å². The van der Waals surface area contributed by atoms with E-state index in [0.717, 1.165) is 49.8 Å². The molecule has 46 heavy (non-hydrogen) atoms. The number of amides is 1. The normalized spacial score (nSPS) is 17.2. The molecule has 0 radical (unpaired) electrons. The van der Waals surface area contributed by atoms with Gasteiger partial charge in [0.05, 0.1) is 17.6 Å². The molecule has 1 amide bonds.